The number of hydrogen-bond acceptors (Lipinski definition) is 5. The first-order chi connectivity index (χ1) is 16.4. The molecule has 0 aliphatic heterocycles. The van der Waals surface area contributed by atoms with Crippen LogP contribution in [-0.4, -0.2) is 26.4 Å². The summed E-state index contributed by atoms with van der Waals surface area (Å²) in [7, 11) is 0. The van der Waals surface area contributed by atoms with Gasteiger partial charge in [0.1, 0.15) is 12.4 Å². The van der Waals surface area contributed by atoms with Crippen LogP contribution in [0.15, 0.2) is 41.6 Å². The molecule has 0 radical (unpaired) electrons. The molecule has 6 nitrogen and oxygen atoms in total. The minimum atomic E-state index is -0.0497. The monoisotopic (exact) mass is 498 g/mol. The van der Waals surface area contributed by atoms with E-state index >= 15 is 0 Å². The second kappa shape index (κ2) is 11.3. The Morgan fingerprint density at radius 2 is 1.91 bits per heavy atom. The van der Waals surface area contributed by atoms with E-state index in [0.29, 0.717) is 12.6 Å². The van der Waals surface area contributed by atoms with Crippen molar-refractivity contribution in [3.63, 3.8) is 0 Å². The third kappa shape index (κ3) is 5.94. The highest BCUT2D eigenvalue weighted by atomic mass is 35.5. The number of aromatic nitrogens is 3. The molecule has 3 aromatic rings. The maximum absolute atomic E-state index is 12.7. The number of carbonyl (C=O) groups excluding carboxylic acids is 1. The summed E-state index contributed by atoms with van der Waals surface area (Å²) in [6, 6.07) is 11.9. The number of hydrogen-bond donors (Lipinski definition) is 1. The standard InChI is InChI=1S/C26H31ClN4O2S/c1-17-8-7-11-23(19(17)3)28-25(32)16-34-26-30-29-24(31(26)20-9-5-4-6-10-20)15-33-21-12-13-22(27)18(2)14-21/h7-8,11-14,20H,4-6,9-10,15-16H2,1-3H3,(H,28,32). The molecule has 1 N–H and O–H groups in total. The first-order valence-corrected chi connectivity index (χ1v) is 13.1. The average Bonchev–Trinajstić information content (AvgIpc) is 3.25. The first-order valence-electron chi connectivity index (χ1n) is 11.7. The summed E-state index contributed by atoms with van der Waals surface area (Å²) in [5, 5.41) is 13.4. The molecule has 1 heterocycles. The van der Waals surface area contributed by atoms with Crippen molar-refractivity contribution >= 4 is 35.0 Å². The van der Waals surface area contributed by atoms with Crippen molar-refractivity contribution in [3.8, 4) is 5.75 Å². The van der Waals surface area contributed by atoms with Gasteiger partial charge in [-0.3, -0.25) is 9.36 Å². The van der Waals surface area contributed by atoms with E-state index in [1.807, 2.05) is 57.2 Å². The van der Waals surface area contributed by atoms with E-state index in [4.69, 9.17) is 16.3 Å². The molecule has 0 atom stereocenters. The van der Waals surface area contributed by atoms with Crippen LogP contribution in [0.5, 0.6) is 5.75 Å². The van der Waals surface area contributed by atoms with Crippen LogP contribution < -0.4 is 10.1 Å². The largest absolute Gasteiger partial charge is 0.486 e. The fourth-order valence-electron chi connectivity index (χ4n) is 4.27. The number of thioether (sulfide) groups is 1. The van der Waals surface area contributed by atoms with E-state index in [-0.39, 0.29) is 11.7 Å². The van der Waals surface area contributed by atoms with Crippen LogP contribution in [0.4, 0.5) is 5.69 Å². The SMILES string of the molecule is Cc1cc(OCc2nnc(SCC(=O)Nc3cccc(C)c3C)n2C2CCCCC2)ccc1Cl. The number of nitrogens with zero attached hydrogens (tertiary/aromatic N) is 3. The van der Waals surface area contributed by atoms with Gasteiger partial charge in [0.25, 0.3) is 0 Å². The Morgan fingerprint density at radius 3 is 2.68 bits per heavy atom. The Hall–Kier alpha value is -2.51. The van der Waals surface area contributed by atoms with Gasteiger partial charge in [0, 0.05) is 16.8 Å². The number of benzene rings is 2. The fourth-order valence-corrected chi connectivity index (χ4v) is 5.21. The van der Waals surface area contributed by atoms with Crippen molar-refractivity contribution in [2.75, 3.05) is 11.1 Å². The zero-order chi connectivity index (χ0) is 24.1. The van der Waals surface area contributed by atoms with E-state index in [1.165, 1.54) is 31.0 Å². The van der Waals surface area contributed by atoms with Crippen molar-refractivity contribution in [1.29, 1.82) is 0 Å². The van der Waals surface area contributed by atoms with E-state index in [9.17, 15) is 4.79 Å². The lowest BCUT2D eigenvalue weighted by atomic mass is 9.95. The molecule has 180 valence electrons. The van der Waals surface area contributed by atoms with Gasteiger partial charge in [-0.05, 0) is 74.6 Å². The van der Waals surface area contributed by atoms with Crippen LogP contribution in [0.3, 0.4) is 0 Å². The van der Waals surface area contributed by atoms with E-state index < -0.39 is 0 Å². The third-order valence-corrected chi connectivity index (χ3v) is 7.75. The normalized spacial score (nSPS) is 14.2. The summed E-state index contributed by atoms with van der Waals surface area (Å²) in [6.45, 7) is 6.34. The summed E-state index contributed by atoms with van der Waals surface area (Å²) in [6.07, 6.45) is 5.82. The molecule has 1 amide bonds. The Morgan fingerprint density at radius 1 is 1.12 bits per heavy atom. The van der Waals surface area contributed by atoms with Gasteiger partial charge in [-0.1, -0.05) is 54.8 Å². The quantitative estimate of drug-likeness (QED) is 0.351. The van der Waals surface area contributed by atoms with Gasteiger partial charge in [-0.2, -0.15) is 0 Å². The van der Waals surface area contributed by atoms with Crippen LogP contribution in [0.25, 0.3) is 0 Å². The Kier molecular flexibility index (Phi) is 8.16. The van der Waals surface area contributed by atoms with Gasteiger partial charge in [-0.15, -0.1) is 10.2 Å². The molecule has 1 saturated carbocycles. The number of nitrogens with one attached hydrogen (secondary N) is 1. The highest BCUT2D eigenvalue weighted by Crippen LogP contribution is 2.33. The fraction of sp³-hybridized carbons (Fsp3) is 0.423. The summed E-state index contributed by atoms with van der Waals surface area (Å²) in [5.74, 6) is 1.76. The first kappa shape index (κ1) is 24.6. The summed E-state index contributed by atoms with van der Waals surface area (Å²) < 4.78 is 8.22. The van der Waals surface area contributed by atoms with Crippen molar-refractivity contribution in [2.45, 2.75) is 70.7 Å². The number of anilines is 1. The minimum Gasteiger partial charge on any atom is -0.486 e. The molecule has 34 heavy (non-hydrogen) atoms. The maximum Gasteiger partial charge on any atom is 0.234 e. The molecule has 0 spiro atoms. The molecule has 1 aromatic heterocycles. The molecule has 2 aromatic carbocycles. The zero-order valence-corrected chi connectivity index (χ0v) is 21.5. The molecular weight excluding hydrogens is 468 g/mol. The van der Waals surface area contributed by atoms with E-state index in [1.54, 1.807) is 0 Å². The predicted octanol–water partition coefficient (Wildman–Crippen LogP) is 6.67. The predicted molar refractivity (Wildman–Crippen MR) is 138 cm³/mol. The van der Waals surface area contributed by atoms with Crippen molar-refractivity contribution in [3.05, 3.63) is 63.9 Å². The lowest BCUT2D eigenvalue weighted by molar-refractivity contribution is -0.113. The smallest absolute Gasteiger partial charge is 0.234 e. The number of aryl methyl sites for hydroxylation is 2. The average molecular weight is 499 g/mol. The van der Waals surface area contributed by atoms with Crippen molar-refractivity contribution in [2.24, 2.45) is 0 Å². The second-order valence-corrected chi connectivity index (χ2v) is 10.2. The highest BCUT2D eigenvalue weighted by Gasteiger charge is 2.24. The van der Waals surface area contributed by atoms with Crippen LogP contribution in [0.2, 0.25) is 5.02 Å². The van der Waals surface area contributed by atoms with Crippen LogP contribution >= 0.6 is 23.4 Å². The Labute approximate surface area is 210 Å². The molecule has 1 aliphatic rings. The number of rotatable bonds is 8. The molecule has 1 aliphatic carbocycles. The molecular formula is C26H31ClN4O2S. The van der Waals surface area contributed by atoms with Gasteiger partial charge in [0.05, 0.1) is 5.75 Å². The molecule has 8 heteroatoms. The summed E-state index contributed by atoms with van der Waals surface area (Å²) in [4.78, 5) is 12.7. The van der Waals surface area contributed by atoms with Crippen molar-refractivity contribution < 1.29 is 9.53 Å². The van der Waals surface area contributed by atoms with Crippen LogP contribution in [0, 0.1) is 20.8 Å². The topological polar surface area (TPSA) is 69.0 Å². The van der Waals surface area contributed by atoms with E-state index in [0.717, 1.165) is 57.0 Å². The highest BCUT2D eigenvalue weighted by molar-refractivity contribution is 7.99. The minimum absolute atomic E-state index is 0.0497. The molecule has 1 fully saturated rings. The second-order valence-electron chi connectivity index (χ2n) is 8.84. The molecule has 0 saturated heterocycles. The summed E-state index contributed by atoms with van der Waals surface area (Å²) >= 11 is 7.57. The Balaban J connectivity index is 1.46. The van der Waals surface area contributed by atoms with Gasteiger partial charge < -0.3 is 10.1 Å². The zero-order valence-electron chi connectivity index (χ0n) is 19.9. The number of amides is 1. The lowest BCUT2D eigenvalue weighted by Crippen LogP contribution is -2.19. The van der Waals surface area contributed by atoms with Crippen LogP contribution in [0.1, 0.15) is 60.7 Å². The molecule has 4 rings (SSSR count). The lowest BCUT2D eigenvalue weighted by Gasteiger charge is -2.25. The number of ether oxygens (including phenoxy) is 1. The molecule has 0 unspecified atom stereocenters. The number of carbonyl (C=O) groups is 1. The molecule has 0 bridgehead atoms. The number of halogens is 1. The van der Waals surface area contributed by atoms with Crippen molar-refractivity contribution in [1.82, 2.24) is 14.8 Å². The maximum atomic E-state index is 12.7. The van der Waals surface area contributed by atoms with Gasteiger partial charge >= 0.3 is 0 Å². The van der Waals surface area contributed by atoms with Crippen LogP contribution in [-0.2, 0) is 11.4 Å². The Bertz CT molecular complexity index is 1160. The van der Waals surface area contributed by atoms with E-state index in [2.05, 4.69) is 20.1 Å². The van der Waals surface area contributed by atoms with Gasteiger partial charge in [0.2, 0.25) is 5.91 Å². The summed E-state index contributed by atoms with van der Waals surface area (Å²) in [5.41, 5.74) is 4.07. The van der Waals surface area contributed by atoms with Gasteiger partial charge in [0.15, 0.2) is 11.0 Å². The van der Waals surface area contributed by atoms with Gasteiger partial charge in [-0.25, -0.2) is 0 Å². The third-order valence-electron chi connectivity index (χ3n) is 6.38.